The number of esters is 1. The molecule has 1 aromatic carbocycles. The van der Waals surface area contributed by atoms with E-state index in [4.69, 9.17) is 9.15 Å². The molecule has 154 valence electrons. The van der Waals surface area contributed by atoms with Gasteiger partial charge >= 0.3 is 17.8 Å². The highest BCUT2D eigenvalue weighted by atomic mass is 16.5. The van der Waals surface area contributed by atoms with Crippen LogP contribution in [0.15, 0.2) is 39.5 Å². The molecule has 1 saturated carbocycles. The maximum absolute atomic E-state index is 11.9. The van der Waals surface area contributed by atoms with Gasteiger partial charge in [0.2, 0.25) is 5.89 Å². The van der Waals surface area contributed by atoms with Gasteiger partial charge in [0.05, 0.1) is 0 Å². The van der Waals surface area contributed by atoms with Gasteiger partial charge < -0.3 is 14.5 Å². The zero-order valence-electron chi connectivity index (χ0n) is 15.8. The Morgan fingerprint density at radius 2 is 1.86 bits per heavy atom. The maximum Gasteiger partial charge on any atom is 0.437 e. The van der Waals surface area contributed by atoms with Gasteiger partial charge in [-0.05, 0) is 25.0 Å². The molecule has 3 rings (SSSR count). The second-order valence-corrected chi connectivity index (χ2v) is 6.71. The fraction of sp³-hybridized carbons (Fsp3) is 0.421. The van der Waals surface area contributed by atoms with Gasteiger partial charge in [0.25, 0.3) is 5.91 Å². The van der Waals surface area contributed by atoms with Crippen LogP contribution in [0.3, 0.4) is 0 Å². The Morgan fingerprint density at radius 1 is 1.14 bits per heavy atom. The molecule has 1 heterocycles. The molecular formula is C19H22N4O6. The van der Waals surface area contributed by atoms with E-state index in [0.29, 0.717) is 5.56 Å². The summed E-state index contributed by atoms with van der Waals surface area (Å²) in [6, 6.07) is 8.16. The number of hydrogen-bond donors (Lipinski definition) is 2. The first-order chi connectivity index (χ1) is 14.0. The number of ether oxygens (including phenoxy) is 1. The molecule has 0 atom stereocenters. The minimum atomic E-state index is -0.858. The molecule has 1 aliphatic carbocycles. The standard InChI is InChI=1S/C19H22N4O6/c24-15(21-18(26)20-14-9-5-2-6-10-14)12-28-16(25)11-23-19(27)29-17(22-23)13-7-3-1-4-8-13/h1,3-4,7-8,14H,2,5-6,9-12H2,(H2,20,21,24,26). The number of urea groups is 1. The number of aromatic nitrogens is 2. The summed E-state index contributed by atoms with van der Waals surface area (Å²) in [4.78, 5) is 47.2. The SMILES string of the molecule is O=C(COC(=O)Cn1nc(-c2ccccc2)oc1=O)NC(=O)NC1CCCCC1. The minimum absolute atomic E-state index is 0.0527. The molecule has 1 fully saturated rings. The van der Waals surface area contributed by atoms with Crippen LogP contribution in [-0.4, -0.2) is 40.3 Å². The molecule has 0 unspecified atom stereocenters. The topological polar surface area (TPSA) is 133 Å². The molecular weight excluding hydrogens is 380 g/mol. The van der Waals surface area contributed by atoms with Crippen LogP contribution in [0, 0.1) is 0 Å². The lowest BCUT2D eigenvalue weighted by Crippen LogP contribution is -2.46. The third-order valence-corrected chi connectivity index (χ3v) is 4.46. The number of carbonyl (C=O) groups excluding carboxylic acids is 3. The molecule has 10 nitrogen and oxygen atoms in total. The Labute approximate surface area is 166 Å². The predicted molar refractivity (Wildman–Crippen MR) is 101 cm³/mol. The van der Waals surface area contributed by atoms with Gasteiger partial charge in [-0.15, -0.1) is 5.10 Å². The molecule has 0 aliphatic heterocycles. The van der Waals surface area contributed by atoms with E-state index in [9.17, 15) is 19.2 Å². The molecule has 0 bridgehead atoms. The van der Waals surface area contributed by atoms with E-state index in [1.165, 1.54) is 0 Å². The second-order valence-electron chi connectivity index (χ2n) is 6.71. The lowest BCUT2D eigenvalue weighted by molar-refractivity contribution is -0.149. The van der Waals surface area contributed by atoms with E-state index >= 15 is 0 Å². The van der Waals surface area contributed by atoms with E-state index in [-0.39, 0.29) is 11.9 Å². The molecule has 2 aromatic rings. The van der Waals surface area contributed by atoms with E-state index in [1.807, 2.05) is 0 Å². The minimum Gasteiger partial charge on any atom is -0.454 e. The van der Waals surface area contributed by atoms with Crippen molar-refractivity contribution in [2.45, 2.75) is 44.7 Å². The molecule has 1 aromatic heterocycles. The van der Waals surface area contributed by atoms with Gasteiger partial charge in [-0.1, -0.05) is 37.5 Å². The summed E-state index contributed by atoms with van der Waals surface area (Å²) < 4.78 is 10.6. The zero-order valence-corrected chi connectivity index (χ0v) is 15.8. The summed E-state index contributed by atoms with van der Waals surface area (Å²) in [5.41, 5.74) is 0.583. The van der Waals surface area contributed by atoms with Crippen LogP contribution in [0.4, 0.5) is 4.79 Å². The first kappa shape index (κ1) is 20.3. The summed E-state index contributed by atoms with van der Waals surface area (Å²) in [6.07, 6.45) is 5.01. The van der Waals surface area contributed by atoms with Crippen LogP contribution >= 0.6 is 0 Å². The Kier molecular flexibility index (Phi) is 6.77. The molecule has 29 heavy (non-hydrogen) atoms. The highest BCUT2D eigenvalue weighted by molar-refractivity contribution is 5.95. The normalized spacial score (nSPS) is 14.2. The monoisotopic (exact) mass is 402 g/mol. The van der Waals surface area contributed by atoms with Crippen LogP contribution < -0.4 is 16.4 Å². The van der Waals surface area contributed by atoms with Crippen molar-refractivity contribution in [2.75, 3.05) is 6.61 Å². The maximum atomic E-state index is 11.9. The third kappa shape index (κ3) is 6.03. The van der Waals surface area contributed by atoms with Crippen molar-refractivity contribution < 1.29 is 23.5 Å². The fourth-order valence-corrected chi connectivity index (χ4v) is 3.05. The van der Waals surface area contributed by atoms with Gasteiger partial charge in [-0.3, -0.25) is 14.9 Å². The summed E-state index contributed by atoms with van der Waals surface area (Å²) >= 11 is 0. The number of nitrogens with zero attached hydrogens (tertiary/aromatic N) is 2. The average molecular weight is 402 g/mol. The van der Waals surface area contributed by atoms with Gasteiger partial charge in [0.1, 0.15) is 6.54 Å². The highest BCUT2D eigenvalue weighted by Gasteiger charge is 2.18. The fourth-order valence-electron chi connectivity index (χ4n) is 3.05. The third-order valence-electron chi connectivity index (χ3n) is 4.46. The highest BCUT2D eigenvalue weighted by Crippen LogP contribution is 2.17. The number of nitrogens with one attached hydrogen (secondary N) is 2. The van der Waals surface area contributed by atoms with Crippen LogP contribution in [-0.2, 0) is 20.9 Å². The number of amides is 3. The summed E-state index contributed by atoms with van der Waals surface area (Å²) in [5.74, 6) is -2.37. The van der Waals surface area contributed by atoms with Crippen LogP contribution in [0.1, 0.15) is 32.1 Å². The Morgan fingerprint density at radius 3 is 2.59 bits per heavy atom. The average Bonchev–Trinajstić information content (AvgIpc) is 3.08. The molecule has 3 amide bonds. The quantitative estimate of drug-likeness (QED) is 0.694. The lowest BCUT2D eigenvalue weighted by atomic mass is 9.96. The van der Waals surface area contributed by atoms with Crippen LogP contribution in [0.25, 0.3) is 11.5 Å². The first-order valence-corrected chi connectivity index (χ1v) is 9.40. The Bertz CT molecular complexity index is 914. The van der Waals surface area contributed by atoms with Crippen LogP contribution in [0.2, 0.25) is 0 Å². The molecule has 0 radical (unpaired) electrons. The smallest absolute Gasteiger partial charge is 0.437 e. The zero-order chi connectivity index (χ0) is 20.6. The van der Waals surface area contributed by atoms with Crippen molar-refractivity contribution in [3.63, 3.8) is 0 Å². The Balaban J connectivity index is 1.44. The summed E-state index contributed by atoms with van der Waals surface area (Å²) in [5, 5.41) is 8.77. The van der Waals surface area contributed by atoms with Crippen molar-refractivity contribution in [1.82, 2.24) is 20.4 Å². The van der Waals surface area contributed by atoms with Gasteiger partial charge in [0, 0.05) is 11.6 Å². The van der Waals surface area contributed by atoms with Gasteiger partial charge in [-0.2, -0.15) is 4.68 Å². The van der Waals surface area contributed by atoms with Gasteiger partial charge in [0.15, 0.2) is 6.61 Å². The number of rotatable bonds is 6. The Hall–Kier alpha value is -3.43. The molecule has 1 aliphatic rings. The van der Waals surface area contributed by atoms with Crippen molar-refractivity contribution in [2.24, 2.45) is 0 Å². The van der Waals surface area contributed by atoms with Crippen molar-refractivity contribution >= 4 is 17.9 Å². The molecule has 2 N–H and O–H groups in total. The van der Waals surface area contributed by atoms with E-state index in [0.717, 1.165) is 36.8 Å². The predicted octanol–water partition coefficient (Wildman–Crippen LogP) is 1.20. The largest absolute Gasteiger partial charge is 0.454 e. The van der Waals surface area contributed by atoms with E-state index < -0.39 is 36.8 Å². The molecule has 0 spiro atoms. The van der Waals surface area contributed by atoms with E-state index in [1.54, 1.807) is 30.3 Å². The van der Waals surface area contributed by atoms with Crippen molar-refractivity contribution in [3.8, 4) is 11.5 Å². The number of benzene rings is 1. The number of hydrogen-bond acceptors (Lipinski definition) is 7. The second kappa shape index (κ2) is 9.67. The summed E-state index contributed by atoms with van der Waals surface area (Å²) in [6.45, 7) is -1.16. The van der Waals surface area contributed by atoms with Crippen LogP contribution in [0.5, 0.6) is 0 Å². The molecule has 0 saturated heterocycles. The number of carbonyl (C=O) groups is 3. The van der Waals surface area contributed by atoms with E-state index in [2.05, 4.69) is 15.7 Å². The number of imide groups is 1. The van der Waals surface area contributed by atoms with Gasteiger partial charge in [-0.25, -0.2) is 9.59 Å². The van der Waals surface area contributed by atoms with Crippen molar-refractivity contribution in [1.29, 1.82) is 0 Å². The lowest BCUT2D eigenvalue weighted by Gasteiger charge is -2.22. The first-order valence-electron chi connectivity index (χ1n) is 9.40. The van der Waals surface area contributed by atoms with Crippen molar-refractivity contribution in [3.05, 3.63) is 40.9 Å². The molecule has 10 heteroatoms. The summed E-state index contributed by atoms with van der Waals surface area (Å²) in [7, 11) is 0.